The second-order valence-corrected chi connectivity index (χ2v) is 3.88. The highest BCUT2D eigenvalue weighted by Gasteiger charge is 2.27. The number of imidazole rings is 1. The minimum absolute atomic E-state index is 0.0357. The quantitative estimate of drug-likeness (QED) is 0.730. The van der Waals surface area contributed by atoms with Crippen molar-refractivity contribution in [1.29, 1.82) is 0 Å². The second kappa shape index (κ2) is 7.38. The Morgan fingerprint density at radius 1 is 1.44 bits per heavy atom. The van der Waals surface area contributed by atoms with Crippen LogP contribution in [0, 0.1) is 0 Å². The van der Waals surface area contributed by atoms with Crippen LogP contribution in [0.5, 0.6) is 0 Å². The molecule has 0 atom stereocenters. The first-order valence-electron chi connectivity index (χ1n) is 5.88. The SMILES string of the molecule is CCCn1ccnc1CNCCOCC(F)(F)F. The van der Waals surface area contributed by atoms with Crippen molar-refractivity contribution < 1.29 is 17.9 Å². The van der Waals surface area contributed by atoms with Crippen molar-refractivity contribution in [3.63, 3.8) is 0 Å². The Labute approximate surface area is 104 Å². The molecule has 0 aromatic carbocycles. The van der Waals surface area contributed by atoms with E-state index < -0.39 is 12.8 Å². The van der Waals surface area contributed by atoms with E-state index in [1.165, 1.54) is 0 Å². The maximum absolute atomic E-state index is 11.8. The van der Waals surface area contributed by atoms with Gasteiger partial charge >= 0.3 is 6.18 Å². The summed E-state index contributed by atoms with van der Waals surface area (Å²) in [6.45, 7) is 2.70. The van der Waals surface area contributed by atoms with Crippen molar-refractivity contribution in [1.82, 2.24) is 14.9 Å². The first-order valence-corrected chi connectivity index (χ1v) is 5.88. The number of alkyl halides is 3. The van der Waals surface area contributed by atoms with Gasteiger partial charge in [0.05, 0.1) is 13.2 Å². The van der Waals surface area contributed by atoms with Gasteiger partial charge in [0.15, 0.2) is 0 Å². The molecule has 0 unspecified atom stereocenters. The molecule has 0 bridgehead atoms. The summed E-state index contributed by atoms with van der Waals surface area (Å²) in [5.74, 6) is 0.882. The van der Waals surface area contributed by atoms with Gasteiger partial charge in [0.2, 0.25) is 0 Å². The summed E-state index contributed by atoms with van der Waals surface area (Å²) < 4.78 is 41.8. The molecule has 0 spiro atoms. The van der Waals surface area contributed by atoms with E-state index in [1.807, 2.05) is 10.8 Å². The summed E-state index contributed by atoms with van der Waals surface area (Å²) >= 11 is 0. The summed E-state index contributed by atoms with van der Waals surface area (Å²) in [6, 6.07) is 0. The molecule has 0 aliphatic rings. The van der Waals surface area contributed by atoms with E-state index >= 15 is 0 Å². The monoisotopic (exact) mass is 265 g/mol. The third-order valence-electron chi connectivity index (χ3n) is 2.24. The zero-order valence-corrected chi connectivity index (χ0v) is 10.3. The third-order valence-corrected chi connectivity index (χ3v) is 2.24. The smallest absolute Gasteiger partial charge is 0.371 e. The Morgan fingerprint density at radius 2 is 2.22 bits per heavy atom. The van der Waals surface area contributed by atoms with Crippen molar-refractivity contribution in [2.45, 2.75) is 32.6 Å². The van der Waals surface area contributed by atoms with Crippen LogP contribution >= 0.6 is 0 Å². The Morgan fingerprint density at radius 3 is 2.89 bits per heavy atom. The van der Waals surface area contributed by atoms with E-state index in [9.17, 15) is 13.2 Å². The van der Waals surface area contributed by atoms with E-state index in [4.69, 9.17) is 0 Å². The molecule has 1 aromatic heterocycles. The Balaban J connectivity index is 2.12. The summed E-state index contributed by atoms with van der Waals surface area (Å²) in [6.07, 6.45) is 0.364. The third kappa shape index (κ3) is 6.02. The fourth-order valence-corrected chi connectivity index (χ4v) is 1.48. The topological polar surface area (TPSA) is 39.1 Å². The van der Waals surface area contributed by atoms with Crippen molar-refractivity contribution in [2.75, 3.05) is 19.8 Å². The van der Waals surface area contributed by atoms with Crippen LogP contribution in [0.25, 0.3) is 0 Å². The molecule has 4 nitrogen and oxygen atoms in total. The lowest BCUT2D eigenvalue weighted by Gasteiger charge is -2.09. The van der Waals surface area contributed by atoms with E-state index in [2.05, 4.69) is 22.0 Å². The molecule has 0 aliphatic heterocycles. The predicted molar refractivity (Wildman–Crippen MR) is 61.1 cm³/mol. The molecule has 0 radical (unpaired) electrons. The molecule has 0 saturated carbocycles. The molecule has 0 aliphatic carbocycles. The maximum Gasteiger partial charge on any atom is 0.411 e. The van der Waals surface area contributed by atoms with E-state index in [-0.39, 0.29) is 6.61 Å². The standard InChI is InChI=1S/C11H18F3N3O/c1-2-5-17-6-3-16-10(17)8-15-4-7-18-9-11(12,13)14/h3,6,15H,2,4-5,7-9H2,1H3. The predicted octanol–water partition coefficient (Wildman–Crippen LogP) is 1.96. The zero-order valence-electron chi connectivity index (χ0n) is 10.3. The van der Waals surface area contributed by atoms with Crippen molar-refractivity contribution in [2.24, 2.45) is 0 Å². The fourth-order valence-electron chi connectivity index (χ4n) is 1.48. The van der Waals surface area contributed by atoms with E-state index in [0.717, 1.165) is 18.8 Å². The molecule has 0 amide bonds. The number of nitrogens with one attached hydrogen (secondary N) is 1. The van der Waals surface area contributed by atoms with Gasteiger partial charge < -0.3 is 14.6 Å². The Bertz CT molecular complexity index is 339. The highest BCUT2D eigenvalue weighted by molar-refractivity contribution is 4.91. The van der Waals surface area contributed by atoms with Gasteiger partial charge in [0.1, 0.15) is 12.4 Å². The first kappa shape index (κ1) is 15.0. The highest BCUT2D eigenvalue weighted by Crippen LogP contribution is 2.13. The average molecular weight is 265 g/mol. The highest BCUT2D eigenvalue weighted by atomic mass is 19.4. The largest absolute Gasteiger partial charge is 0.411 e. The average Bonchev–Trinajstić information content (AvgIpc) is 2.70. The van der Waals surface area contributed by atoms with Gasteiger partial charge in [-0.1, -0.05) is 6.92 Å². The number of aryl methyl sites for hydroxylation is 1. The fraction of sp³-hybridized carbons (Fsp3) is 0.727. The van der Waals surface area contributed by atoms with Crippen LogP contribution in [-0.4, -0.2) is 35.5 Å². The van der Waals surface area contributed by atoms with Crippen LogP contribution in [0.3, 0.4) is 0 Å². The number of halogens is 3. The number of ether oxygens (including phenoxy) is 1. The maximum atomic E-state index is 11.8. The molecule has 1 aromatic rings. The molecule has 7 heteroatoms. The van der Waals surface area contributed by atoms with Crippen molar-refractivity contribution in [3.05, 3.63) is 18.2 Å². The summed E-state index contributed by atoms with van der Waals surface area (Å²) in [5.41, 5.74) is 0. The van der Waals surface area contributed by atoms with Crippen LogP contribution < -0.4 is 5.32 Å². The van der Waals surface area contributed by atoms with E-state index in [1.54, 1.807) is 6.20 Å². The summed E-state index contributed by atoms with van der Waals surface area (Å²) in [7, 11) is 0. The molecule has 0 fully saturated rings. The molecule has 104 valence electrons. The van der Waals surface area contributed by atoms with Gasteiger partial charge in [-0.25, -0.2) is 4.98 Å². The summed E-state index contributed by atoms with van der Waals surface area (Å²) in [5, 5.41) is 3.00. The molecule has 0 saturated heterocycles. The molecule has 18 heavy (non-hydrogen) atoms. The van der Waals surface area contributed by atoms with Crippen LogP contribution in [0.15, 0.2) is 12.4 Å². The van der Waals surface area contributed by atoms with Crippen LogP contribution in [-0.2, 0) is 17.8 Å². The number of rotatable bonds is 8. The van der Waals surface area contributed by atoms with Crippen molar-refractivity contribution >= 4 is 0 Å². The van der Waals surface area contributed by atoms with Crippen molar-refractivity contribution in [3.8, 4) is 0 Å². The second-order valence-electron chi connectivity index (χ2n) is 3.88. The lowest BCUT2D eigenvalue weighted by molar-refractivity contribution is -0.173. The van der Waals surface area contributed by atoms with Gasteiger partial charge in [-0.3, -0.25) is 0 Å². The zero-order chi connectivity index (χ0) is 13.4. The lowest BCUT2D eigenvalue weighted by atomic mass is 10.4. The summed E-state index contributed by atoms with van der Waals surface area (Å²) in [4.78, 5) is 4.17. The van der Waals surface area contributed by atoms with Gasteiger partial charge in [0.25, 0.3) is 0 Å². The van der Waals surface area contributed by atoms with Crippen LogP contribution in [0.2, 0.25) is 0 Å². The number of aromatic nitrogens is 2. The minimum Gasteiger partial charge on any atom is -0.371 e. The van der Waals surface area contributed by atoms with E-state index in [0.29, 0.717) is 13.1 Å². The molecular weight excluding hydrogens is 247 g/mol. The normalized spacial score (nSPS) is 12.0. The number of hydrogen-bond donors (Lipinski definition) is 1. The first-order chi connectivity index (χ1) is 8.53. The van der Waals surface area contributed by atoms with Gasteiger partial charge in [-0.2, -0.15) is 13.2 Å². The van der Waals surface area contributed by atoms with Gasteiger partial charge in [-0.15, -0.1) is 0 Å². The minimum atomic E-state index is -4.25. The number of nitrogens with zero attached hydrogens (tertiary/aromatic N) is 2. The molecule has 1 heterocycles. The Hall–Kier alpha value is -1.08. The Kier molecular flexibility index (Phi) is 6.14. The molecule has 1 N–H and O–H groups in total. The molecular formula is C11H18F3N3O. The van der Waals surface area contributed by atoms with Crippen LogP contribution in [0.1, 0.15) is 19.2 Å². The van der Waals surface area contributed by atoms with Crippen LogP contribution in [0.4, 0.5) is 13.2 Å². The van der Waals surface area contributed by atoms with Gasteiger partial charge in [-0.05, 0) is 6.42 Å². The lowest BCUT2D eigenvalue weighted by Crippen LogP contribution is -2.24. The number of hydrogen-bond acceptors (Lipinski definition) is 3. The molecule has 1 rings (SSSR count). The van der Waals surface area contributed by atoms with Gasteiger partial charge in [0, 0.05) is 25.5 Å².